The van der Waals surface area contributed by atoms with Crippen molar-refractivity contribution in [3.63, 3.8) is 0 Å². The lowest BCUT2D eigenvalue weighted by atomic mass is 10.2. The minimum Gasteiger partial charge on any atom is -0.316 e. The van der Waals surface area contributed by atoms with Crippen LogP contribution in [0.5, 0.6) is 0 Å². The number of benzene rings is 2. The van der Waals surface area contributed by atoms with Gasteiger partial charge < -0.3 is 5.32 Å². The predicted molar refractivity (Wildman–Crippen MR) is 82.8 cm³/mol. The highest BCUT2D eigenvalue weighted by molar-refractivity contribution is 7.99. The van der Waals surface area contributed by atoms with Gasteiger partial charge in [-0.15, -0.1) is 0 Å². The van der Waals surface area contributed by atoms with E-state index in [4.69, 9.17) is 0 Å². The van der Waals surface area contributed by atoms with Gasteiger partial charge in [0, 0.05) is 22.6 Å². The average molecular weight is 325 g/mol. The van der Waals surface area contributed by atoms with Gasteiger partial charge in [0.05, 0.1) is 4.90 Å². The highest BCUT2D eigenvalue weighted by atomic mass is 32.2. The Morgan fingerprint density at radius 1 is 1.14 bits per heavy atom. The number of hydrogen-bond acceptors (Lipinski definition) is 4. The Labute approximate surface area is 128 Å². The van der Waals surface area contributed by atoms with Crippen molar-refractivity contribution in [3.8, 4) is 0 Å². The van der Waals surface area contributed by atoms with Gasteiger partial charge in [0.1, 0.15) is 5.82 Å². The van der Waals surface area contributed by atoms with Crippen LogP contribution in [0.3, 0.4) is 0 Å². The fourth-order valence-electron chi connectivity index (χ4n) is 1.86. The first-order valence-electron chi connectivity index (χ1n) is 6.31. The molecule has 0 spiro atoms. The van der Waals surface area contributed by atoms with E-state index in [2.05, 4.69) is 5.32 Å². The van der Waals surface area contributed by atoms with Crippen molar-refractivity contribution in [2.24, 2.45) is 0 Å². The smallest absolute Gasteiger partial charge is 0.175 e. The maximum absolute atomic E-state index is 13.3. The molecular formula is C15H16FNO2S2. The normalized spacial score (nSPS) is 11.6. The van der Waals surface area contributed by atoms with Crippen molar-refractivity contribution >= 4 is 21.6 Å². The van der Waals surface area contributed by atoms with Gasteiger partial charge in [-0.1, -0.05) is 11.8 Å². The van der Waals surface area contributed by atoms with Crippen LogP contribution in [0.25, 0.3) is 0 Å². The maximum Gasteiger partial charge on any atom is 0.175 e. The van der Waals surface area contributed by atoms with Crippen LogP contribution in [-0.2, 0) is 16.4 Å². The molecule has 2 aromatic rings. The Bertz CT molecular complexity index is 728. The summed E-state index contributed by atoms with van der Waals surface area (Å²) in [5, 5.41) is 3.01. The van der Waals surface area contributed by atoms with E-state index in [1.165, 1.54) is 30.2 Å². The van der Waals surface area contributed by atoms with E-state index in [1.54, 1.807) is 37.4 Å². The highest BCUT2D eigenvalue weighted by Gasteiger charge is 2.09. The van der Waals surface area contributed by atoms with Gasteiger partial charge in [-0.2, -0.15) is 0 Å². The Kier molecular flexibility index (Phi) is 5.03. The van der Waals surface area contributed by atoms with E-state index in [1.807, 2.05) is 0 Å². The lowest BCUT2D eigenvalue weighted by Crippen LogP contribution is -2.06. The predicted octanol–water partition coefficient (Wildman–Crippen LogP) is 3.10. The molecule has 0 fully saturated rings. The zero-order valence-electron chi connectivity index (χ0n) is 11.8. The molecule has 0 saturated heterocycles. The summed E-state index contributed by atoms with van der Waals surface area (Å²) in [6.07, 6.45) is 1.18. The molecule has 2 aromatic carbocycles. The second-order valence-electron chi connectivity index (χ2n) is 4.63. The lowest BCUT2D eigenvalue weighted by molar-refractivity contribution is 0.602. The van der Waals surface area contributed by atoms with Gasteiger partial charge in [0.25, 0.3) is 0 Å². The largest absolute Gasteiger partial charge is 0.316 e. The van der Waals surface area contributed by atoms with Gasteiger partial charge in [-0.05, 0) is 55.1 Å². The molecule has 0 atom stereocenters. The van der Waals surface area contributed by atoms with Crippen molar-refractivity contribution in [1.29, 1.82) is 0 Å². The summed E-state index contributed by atoms with van der Waals surface area (Å²) in [5.74, 6) is -0.267. The van der Waals surface area contributed by atoms with Gasteiger partial charge in [0.2, 0.25) is 0 Å². The number of hydrogen-bond donors (Lipinski definition) is 1. The first-order chi connectivity index (χ1) is 9.90. The molecular weight excluding hydrogens is 309 g/mol. The third kappa shape index (κ3) is 4.30. The SMILES string of the molecule is CNCc1cc(F)ccc1Sc1ccc(S(C)(=O)=O)cc1. The first kappa shape index (κ1) is 16.0. The molecule has 21 heavy (non-hydrogen) atoms. The van der Waals surface area contributed by atoms with Gasteiger partial charge in [-0.3, -0.25) is 0 Å². The zero-order valence-corrected chi connectivity index (χ0v) is 13.4. The third-order valence-electron chi connectivity index (χ3n) is 2.87. The summed E-state index contributed by atoms with van der Waals surface area (Å²) < 4.78 is 36.1. The highest BCUT2D eigenvalue weighted by Crippen LogP contribution is 2.31. The average Bonchev–Trinajstić information content (AvgIpc) is 2.42. The second-order valence-corrected chi connectivity index (χ2v) is 7.76. The molecule has 0 saturated carbocycles. The molecule has 1 N–H and O–H groups in total. The first-order valence-corrected chi connectivity index (χ1v) is 9.02. The summed E-state index contributed by atoms with van der Waals surface area (Å²) in [7, 11) is -1.38. The molecule has 0 aliphatic carbocycles. The van der Waals surface area contributed by atoms with E-state index >= 15 is 0 Å². The van der Waals surface area contributed by atoms with Crippen molar-refractivity contribution in [2.75, 3.05) is 13.3 Å². The third-order valence-corrected chi connectivity index (χ3v) is 5.12. The molecule has 0 amide bonds. The molecule has 0 aliphatic heterocycles. The molecule has 2 rings (SSSR count). The van der Waals surface area contributed by atoms with Crippen molar-refractivity contribution in [3.05, 3.63) is 53.8 Å². The van der Waals surface area contributed by atoms with Crippen LogP contribution in [-0.4, -0.2) is 21.7 Å². The number of halogens is 1. The summed E-state index contributed by atoms with van der Waals surface area (Å²) in [4.78, 5) is 2.14. The van der Waals surface area contributed by atoms with Gasteiger partial charge >= 0.3 is 0 Å². The summed E-state index contributed by atoms with van der Waals surface area (Å²) >= 11 is 1.48. The minimum atomic E-state index is -3.18. The van der Waals surface area contributed by atoms with Crippen LogP contribution in [0.1, 0.15) is 5.56 Å². The van der Waals surface area contributed by atoms with Crippen molar-refractivity contribution < 1.29 is 12.8 Å². The number of rotatable bonds is 5. The van der Waals surface area contributed by atoms with E-state index in [0.717, 1.165) is 15.4 Å². The van der Waals surface area contributed by atoms with Crippen LogP contribution in [0.15, 0.2) is 57.2 Å². The maximum atomic E-state index is 13.3. The quantitative estimate of drug-likeness (QED) is 0.917. The molecule has 3 nitrogen and oxygen atoms in total. The van der Waals surface area contributed by atoms with E-state index in [-0.39, 0.29) is 5.82 Å². The Balaban J connectivity index is 2.26. The van der Waals surface area contributed by atoms with E-state index in [0.29, 0.717) is 11.4 Å². The topological polar surface area (TPSA) is 46.2 Å². The molecule has 6 heteroatoms. The van der Waals surface area contributed by atoms with Gasteiger partial charge in [0.15, 0.2) is 9.84 Å². The summed E-state index contributed by atoms with van der Waals surface area (Å²) in [6.45, 7) is 0.571. The molecule has 0 radical (unpaired) electrons. The fourth-order valence-corrected chi connectivity index (χ4v) is 3.41. The van der Waals surface area contributed by atoms with Crippen LogP contribution >= 0.6 is 11.8 Å². The molecule has 112 valence electrons. The summed E-state index contributed by atoms with van der Waals surface area (Å²) in [5.41, 5.74) is 0.870. The van der Waals surface area contributed by atoms with Crippen molar-refractivity contribution in [1.82, 2.24) is 5.32 Å². The monoisotopic (exact) mass is 325 g/mol. The second kappa shape index (κ2) is 6.60. The van der Waals surface area contributed by atoms with Crippen molar-refractivity contribution in [2.45, 2.75) is 21.2 Å². The Morgan fingerprint density at radius 2 is 1.81 bits per heavy atom. The molecule has 0 heterocycles. The Morgan fingerprint density at radius 3 is 2.38 bits per heavy atom. The Hall–Kier alpha value is -1.37. The standard InChI is InChI=1S/C15H16FNO2S2/c1-17-10-11-9-12(16)3-8-15(11)20-13-4-6-14(7-5-13)21(2,18)19/h3-9,17H,10H2,1-2H3. The molecule has 0 unspecified atom stereocenters. The number of sulfone groups is 1. The van der Waals surface area contributed by atoms with Crippen LogP contribution in [0.2, 0.25) is 0 Å². The van der Waals surface area contributed by atoms with E-state index < -0.39 is 9.84 Å². The van der Waals surface area contributed by atoms with E-state index in [9.17, 15) is 12.8 Å². The molecule has 0 aliphatic rings. The van der Waals surface area contributed by atoms with Crippen LogP contribution in [0, 0.1) is 5.82 Å². The van der Waals surface area contributed by atoms with Crippen LogP contribution in [0.4, 0.5) is 4.39 Å². The zero-order chi connectivity index (χ0) is 15.5. The fraction of sp³-hybridized carbons (Fsp3) is 0.200. The van der Waals surface area contributed by atoms with Crippen LogP contribution < -0.4 is 5.32 Å². The number of nitrogens with one attached hydrogen (secondary N) is 1. The molecule has 0 bridgehead atoms. The minimum absolute atomic E-state index is 0.267. The van der Waals surface area contributed by atoms with Gasteiger partial charge in [-0.25, -0.2) is 12.8 Å². The summed E-state index contributed by atoms with van der Waals surface area (Å²) in [6, 6.07) is 11.3. The molecule has 0 aromatic heterocycles. The lowest BCUT2D eigenvalue weighted by Gasteiger charge is -2.09.